The fourth-order valence-electron chi connectivity index (χ4n) is 1.99. The van der Waals surface area contributed by atoms with Crippen molar-refractivity contribution < 1.29 is 14.2 Å². The van der Waals surface area contributed by atoms with Gasteiger partial charge in [0.05, 0.1) is 5.56 Å². The summed E-state index contributed by atoms with van der Waals surface area (Å²) in [5, 5.41) is 7.62. The number of nitrogens with two attached hydrogens (primary N) is 1. The number of aromatic nitrogens is 1. The Morgan fingerprint density at radius 3 is 2.90 bits per heavy atom. The van der Waals surface area contributed by atoms with Crippen molar-refractivity contribution in [3.05, 3.63) is 41.6 Å². The van der Waals surface area contributed by atoms with Crippen LogP contribution >= 0.6 is 0 Å². The van der Waals surface area contributed by atoms with Gasteiger partial charge in [0, 0.05) is 12.3 Å². The molecule has 6 nitrogen and oxygen atoms in total. The number of hydrogen-bond donors (Lipinski definition) is 2. The zero-order chi connectivity index (χ0) is 14.1. The number of pyridine rings is 1. The molecule has 0 unspecified atom stereocenters. The van der Waals surface area contributed by atoms with Gasteiger partial charge >= 0.3 is 0 Å². The number of nitrogen functional groups attached to an aromatic ring is 1. The zero-order valence-electron chi connectivity index (χ0n) is 10.8. The van der Waals surface area contributed by atoms with Crippen LogP contribution in [-0.2, 0) is 0 Å². The van der Waals surface area contributed by atoms with Crippen LogP contribution in [0.5, 0.6) is 23.1 Å². The Balaban J connectivity index is 1.95. The summed E-state index contributed by atoms with van der Waals surface area (Å²) in [6.07, 6.45) is 1.62. The first-order chi connectivity index (χ1) is 9.65. The van der Waals surface area contributed by atoms with Gasteiger partial charge < -0.3 is 19.9 Å². The normalized spacial score (nSPS) is 12.2. The predicted molar refractivity (Wildman–Crippen MR) is 72.6 cm³/mol. The molecule has 0 saturated carbocycles. The summed E-state index contributed by atoms with van der Waals surface area (Å²) in [6.45, 7) is 2.06. The topological polar surface area (TPSA) is 90.5 Å². The summed E-state index contributed by atoms with van der Waals surface area (Å²) in [4.78, 5) is 4.13. The van der Waals surface area contributed by atoms with Crippen LogP contribution in [0.15, 0.2) is 30.5 Å². The number of nitrogens with one attached hydrogen (secondary N) is 1. The number of fused-ring (bicyclic) bond motifs is 1. The first-order valence-electron chi connectivity index (χ1n) is 6.02. The lowest BCUT2D eigenvalue weighted by Crippen LogP contribution is -2.14. The van der Waals surface area contributed by atoms with E-state index in [2.05, 4.69) is 4.98 Å². The van der Waals surface area contributed by atoms with Crippen molar-refractivity contribution in [3.63, 3.8) is 0 Å². The highest BCUT2D eigenvalue weighted by Gasteiger charge is 2.16. The minimum atomic E-state index is -0.0775. The van der Waals surface area contributed by atoms with Crippen LogP contribution in [-0.4, -0.2) is 17.6 Å². The maximum atomic E-state index is 7.62. The molecule has 0 aliphatic carbocycles. The third-order valence-corrected chi connectivity index (χ3v) is 2.95. The number of ether oxygens (including phenoxy) is 3. The van der Waals surface area contributed by atoms with E-state index in [1.54, 1.807) is 30.5 Å². The standard InChI is InChI=1S/C14H13N3O3/c1-8-4-5-17-14(12(8)13(15)16)20-9-2-3-10-11(6-9)19-7-18-10/h2-6H,7H2,1H3,(H3,15,16). The SMILES string of the molecule is Cc1ccnc(Oc2ccc3c(c2)OCO3)c1C(=N)N. The van der Waals surface area contributed by atoms with Gasteiger partial charge in [-0.25, -0.2) is 4.98 Å². The molecule has 2 heterocycles. The summed E-state index contributed by atoms with van der Waals surface area (Å²) in [7, 11) is 0. The molecule has 1 aliphatic heterocycles. The van der Waals surface area contributed by atoms with E-state index >= 15 is 0 Å². The lowest BCUT2D eigenvalue weighted by Gasteiger charge is -2.11. The van der Waals surface area contributed by atoms with Crippen molar-refractivity contribution in [3.8, 4) is 23.1 Å². The molecule has 3 N–H and O–H groups in total. The molecule has 0 bridgehead atoms. The summed E-state index contributed by atoms with van der Waals surface area (Å²) in [6, 6.07) is 7.02. The molecule has 1 aliphatic rings. The maximum Gasteiger partial charge on any atom is 0.231 e. The lowest BCUT2D eigenvalue weighted by atomic mass is 10.1. The Morgan fingerprint density at radius 2 is 2.10 bits per heavy atom. The van der Waals surface area contributed by atoms with Crippen LogP contribution < -0.4 is 19.9 Å². The second kappa shape index (κ2) is 4.73. The van der Waals surface area contributed by atoms with E-state index in [-0.39, 0.29) is 12.6 Å². The Morgan fingerprint density at radius 1 is 1.30 bits per heavy atom. The predicted octanol–water partition coefficient (Wildman–Crippen LogP) is 2.20. The minimum absolute atomic E-state index is 0.0775. The van der Waals surface area contributed by atoms with Crippen molar-refractivity contribution in [2.24, 2.45) is 5.73 Å². The number of nitrogens with zero attached hydrogens (tertiary/aromatic N) is 1. The molecule has 0 atom stereocenters. The summed E-state index contributed by atoms with van der Waals surface area (Å²) >= 11 is 0. The molecule has 6 heteroatoms. The zero-order valence-corrected chi connectivity index (χ0v) is 10.8. The molecule has 2 aromatic rings. The molecule has 20 heavy (non-hydrogen) atoms. The number of hydrogen-bond acceptors (Lipinski definition) is 5. The van der Waals surface area contributed by atoms with Gasteiger partial charge in [-0.3, -0.25) is 5.41 Å². The van der Waals surface area contributed by atoms with Crippen molar-refractivity contribution in [1.29, 1.82) is 5.41 Å². The van der Waals surface area contributed by atoms with E-state index in [1.165, 1.54) is 0 Å². The van der Waals surface area contributed by atoms with Crippen LogP contribution in [0.3, 0.4) is 0 Å². The van der Waals surface area contributed by atoms with Gasteiger partial charge in [-0.2, -0.15) is 0 Å². The summed E-state index contributed by atoms with van der Waals surface area (Å²) in [5.74, 6) is 2.08. The van der Waals surface area contributed by atoms with Crippen molar-refractivity contribution in [2.75, 3.05) is 6.79 Å². The fraction of sp³-hybridized carbons (Fsp3) is 0.143. The number of amidine groups is 1. The highest BCUT2D eigenvalue weighted by Crippen LogP contribution is 2.36. The highest BCUT2D eigenvalue weighted by molar-refractivity contribution is 5.98. The van der Waals surface area contributed by atoms with Gasteiger partial charge in [-0.1, -0.05) is 0 Å². The average Bonchev–Trinajstić information content (AvgIpc) is 2.85. The van der Waals surface area contributed by atoms with Gasteiger partial charge in [-0.05, 0) is 30.7 Å². The van der Waals surface area contributed by atoms with Crippen LogP contribution in [0.1, 0.15) is 11.1 Å². The van der Waals surface area contributed by atoms with Crippen LogP contribution in [0.25, 0.3) is 0 Å². The molecule has 1 aromatic heterocycles. The van der Waals surface area contributed by atoms with Gasteiger partial charge in [0.2, 0.25) is 12.7 Å². The quantitative estimate of drug-likeness (QED) is 0.659. The van der Waals surface area contributed by atoms with Crippen molar-refractivity contribution >= 4 is 5.84 Å². The highest BCUT2D eigenvalue weighted by atomic mass is 16.7. The molecular formula is C14H13N3O3. The maximum absolute atomic E-state index is 7.62. The minimum Gasteiger partial charge on any atom is -0.454 e. The molecule has 0 amide bonds. The Hall–Kier alpha value is -2.76. The van der Waals surface area contributed by atoms with Crippen molar-refractivity contribution in [1.82, 2.24) is 4.98 Å². The third-order valence-electron chi connectivity index (χ3n) is 2.95. The fourth-order valence-corrected chi connectivity index (χ4v) is 1.99. The summed E-state index contributed by atoms with van der Waals surface area (Å²) < 4.78 is 16.2. The molecule has 102 valence electrons. The van der Waals surface area contributed by atoms with Crippen LogP contribution in [0.4, 0.5) is 0 Å². The Bertz CT molecular complexity index is 685. The Kier molecular flexibility index (Phi) is 2.90. The van der Waals surface area contributed by atoms with Crippen molar-refractivity contribution in [2.45, 2.75) is 6.92 Å². The van der Waals surface area contributed by atoms with E-state index in [0.717, 1.165) is 5.56 Å². The second-order valence-corrected chi connectivity index (χ2v) is 4.34. The molecular weight excluding hydrogens is 258 g/mol. The molecule has 3 rings (SSSR count). The smallest absolute Gasteiger partial charge is 0.231 e. The van der Waals surface area contributed by atoms with Crippen LogP contribution in [0, 0.1) is 12.3 Å². The first kappa shape index (κ1) is 12.3. The van der Waals surface area contributed by atoms with E-state index in [4.69, 9.17) is 25.4 Å². The number of rotatable bonds is 3. The van der Waals surface area contributed by atoms with E-state index < -0.39 is 0 Å². The van der Waals surface area contributed by atoms with Crippen LogP contribution in [0.2, 0.25) is 0 Å². The molecule has 1 aromatic carbocycles. The van der Waals surface area contributed by atoms with E-state index in [1.807, 2.05) is 6.92 Å². The van der Waals surface area contributed by atoms with Gasteiger partial charge in [0.1, 0.15) is 11.6 Å². The number of benzene rings is 1. The van der Waals surface area contributed by atoms with E-state index in [9.17, 15) is 0 Å². The van der Waals surface area contributed by atoms with Gasteiger partial charge in [0.15, 0.2) is 11.5 Å². The largest absolute Gasteiger partial charge is 0.454 e. The molecule has 0 saturated heterocycles. The van der Waals surface area contributed by atoms with Gasteiger partial charge in [-0.15, -0.1) is 0 Å². The molecule has 0 fully saturated rings. The first-order valence-corrected chi connectivity index (χ1v) is 6.02. The molecule has 0 spiro atoms. The number of aryl methyl sites for hydroxylation is 1. The van der Waals surface area contributed by atoms with Gasteiger partial charge in [0.25, 0.3) is 0 Å². The monoisotopic (exact) mass is 271 g/mol. The van der Waals surface area contributed by atoms with E-state index in [0.29, 0.717) is 28.7 Å². The Labute approximate surface area is 115 Å². The lowest BCUT2D eigenvalue weighted by molar-refractivity contribution is 0.174. The summed E-state index contributed by atoms with van der Waals surface area (Å²) in [5.41, 5.74) is 6.91. The second-order valence-electron chi connectivity index (χ2n) is 4.34. The third kappa shape index (κ3) is 2.11. The molecule has 0 radical (unpaired) electrons. The average molecular weight is 271 g/mol.